The zero-order valence-corrected chi connectivity index (χ0v) is 33.4. The van der Waals surface area contributed by atoms with Gasteiger partial charge in [0.25, 0.3) is 0 Å². The molecule has 6 aromatic rings. The number of benzene rings is 6. The predicted octanol–water partition coefficient (Wildman–Crippen LogP) is 14.4. The number of ether oxygens (including phenoxy) is 2. The van der Waals surface area contributed by atoms with Crippen molar-refractivity contribution < 1.29 is 9.47 Å². The summed E-state index contributed by atoms with van der Waals surface area (Å²) in [7, 11) is 0. The van der Waals surface area contributed by atoms with Crippen molar-refractivity contribution in [3.8, 4) is 22.6 Å². The van der Waals surface area contributed by atoms with E-state index in [0.29, 0.717) is 17.3 Å². The van der Waals surface area contributed by atoms with Gasteiger partial charge in [0.1, 0.15) is 23.0 Å². The minimum Gasteiger partial charge on any atom is -0.457 e. The van der Waals surface area contributed by atoms with Crippen LogP contribution in [0.4, 0.5) is 22.7 Å². The van der Waals surface area contributed by atoms with E-state index >= 15 is 0 Å². The molecule has 2 heterocycles. The third-order valence-electron chi connectivity index (χ3n) is 12.1. The Morgan fingerprint density at radius 2 is 1.27 bits per heavy atom. The van der Waals surface area contributed by atoms with Crippen molar-refractivity contribution in [1.82, 2.24) is 0 Å². The Balaban J connectivity index is 0.986. The van der Waals surface area contributed by atoms with Gasteiger partial charge in [0, 0.05) is 68.3 Å². The number of hydrogen-bond donors (Lipinski definition) is 0. The van der Waals surface area contributed by atoms with Crippen molar-refractivity contribution in [3.63, 3.8) is 0 Å². The molecule has 4 heteroatoms. The molecule has 0 saturated carbocycles. The van der Waals surface area contributed by atoms with Crippen LogP contribution in [0.15, 0.2) is 202 Å². The van der Waals surface area contributed by atoms with Gasteiger partial charge in [0.15, 0.2) is 0 Å². The molecule has 1 unspecified atom stereocenters. The molecule has 0 saturated heterocycles. The van der Waals surface area contributed by atoms with E-state index < -0.39 is 0 Å². The van der Waals surface area contributed by atoms with Crippen molar-refractivity contribution in [2.45, 2.75) is 31.7 Å². The van der Waals surface area contributed by atoms with Crippen LogP contribution in [-0.4, -0.2) is 6.04 Å². The molecule has 286 valence electrons. The van der Waals surface area contributed by atoms with Crippen molar-refractivity contribution >= 4 is 39.7 Å². The van der Waals surface area contributed by atoms with Gasteiger partial charge >= 0.3 is 0 Å². The summed E-state index contributed by atoms with van der Waals surface area (Å²) in [6.07, 6.45) is 11.4. The molecule has 59 heavy (non-hydrogen) atoms. The normalized spacial score (nSPS) is 17.2. The van der Waals surface area contributed by atoms with Crippen LogP contribution in [0.3, 0.4) is 0 Å². The number of rotatable bonds is 7. The first-order valence-corrected chi connectivity index (χ1v) is 20.1. The fourth-order valence-corrected chi connectivity index (χ4v) is 9.24. The van der Waals surface area contributed by atoms with E-state index in [9.17, 15) is 0 Å². The van der Waals surface area contributed by atoms with Crippen LogP contribution in [0.5, 0.6) is 11.5 Å². The summed E-state index contributed by atoms with van der Waals surface area (Å²) in [4.78, 5) is 4.54. The van der Waals surface area contributed by atoms with Crippen molar-refractivity contribution in [1.29, 1.82) is 0 Å². The Morgan fingerprint density at radius 3 is 2.02 bits per heavy atom. The Hall–Kier alpha value is -7.30. The highest BCUT2D eigenvalue weighted by Crippen LogP contribution is 2.53. The largest absolute Gasteiger partial charge is 0.457 e. The maximum atomic E-state index is 6.79. The molecule has 10 rings (SSSR count). The standard InChI is InChI=1S/C55H44N2O2/c1-35(56(39-18-10-7-11-19-39)40-20-12-8-13-21-40)32-51-36(2)45-30-31-50-53(54(45)38(4)58-51)37(3)44-28-26-43(34-52(44)59-50)57(41-22-14-9-15-23-41)42-27-29-47-46-24-16-17-25-48(46)55(5,6)49(47)33-42/h7-20,22-34,40H,1-4,21H2,5-6H3/b51-32+. The summed E-state index contributed by atoms with van der Waals surface area (Å²) >= 11 is 0. The highest BCUT2D eigenvalue weighted by Gasteiger charge is 2.36. The van der Waals surface area contributed by atoms with Gasteiger partial charge in [-0.1, -0.05) is 131 Å². The number of allylic oxidation sites excluding steroid dienone is 4. The molecule has 4 nitrogen and oxygen atoms in total. The van der Waals surface area contributed by atoms with E-state index in [1.807, 2.05) is 36.4 Å². The fourth-order valence-electron chi connectivity index (χ4n) is 9.24. The molecule has 0 amide bonds. The lowest BCUT2D eigenvalue weighted by atomic mass is 9.82. The quantitative estimate of drug-likeness (QED) is 0.161. The molecule has 0 aromatic heterocycles. The molecular formula is C55H44N2O2. The Labute approximate surface area is 347 Å². The molecule has 6 aromatic carbocycles. The summed E-state index contributed by atoms with van der Waals surface area (Å²) in [6.45, 7) is 22.7. The molecule has 0 spiro atoms. The molecular weight excluding hydrogens is 721 g/mol. The average molecular weight is 765 g/mol. The summed E-state index contributed by atoms with van der Waals surface area (Å²) in [5.41, 5.74) is 15.2. The molecule has 0 bridgehead atoms. The van der Waals surface area contributed by atoms with Crippen LogP contribution in [0, 0.1) is 0 Å². The molecule has 0 fully saturated rings. The third kappa shape index (κ3) is 5.90. The molecule has 2 aliphatic carbocycles. The zero-order valence-electron chi connectivity index (χ0n) is 33.4. The van der Waals surface area contributed by atoms with Crippen LogP contribution in [-0.2, 0) is 10.2 Å². The Kier molecular flexibility index (Phi) is 8.54. The van der Waals surface area contributed by atoms with E-state index in [1.54, 1.807) is 0 Å². The lowest BCUT2D eigenvalue weighted by Gasteiger charge is -2.34. The second kappa shape index (κ2) is 14.0. The summed E-state index contributed by atoms with van der Waals surface area (Å²) in [5.74, 6) is 2.55. The van der Waals surface area contributed by atoms with Gasteiger partial charge in [0.2, 0.25) is 0 Å². The van der Waals surface area contributed by atoms with Crippen LogP contribution in [0.1, 0.15) is 53.6 Å². The Morgan fingerprint density at radius 1 is 0.610 bits per heavy atom. The number of anilines is 4. The van der Waals surface area contributed by atoms with Gasteiger partial charge in [-0.2, -0.15) is 0 Å². The van der Waals surface area contributed by atoms with Gasteiger partial charge in [0.05, 0.1) is 6.04 Å². The summed E-state index contributed by atoms with van der Waals surface area (Å²) in [6, 6.07) is 47.0. The monoisotopic (exact) mass is 764 g/mol. The van der Waals surface area contributed by atoms with Crippen LogP contribution in [0.25, 0.3) is 28.0 Å². The second-order valence-electron chi connectivity index (χ2n) is 16.0. The molecule has 4 aliphatic rings. The first kappa shape index (κ1) is 36.1. The first-order valence-electron chi connectivity index (χ1n) is 20.1. The predicted molar refractivity (Wildman–Crippen MR) is 245 cm³/mol. The Bertz CT molecular complexity index is 2860. The number of fused-ring (bicyclic) bond motifs is 7. The molecule has 0 radical (unpaired) electrons. The van der Waals surface area contributed by atoms with Crippen LogP contribution in [0.2, 0.25) is 0 Å². The van der Waals surface area contributed by atoms with Gasteiger partial charge < -0.3 is 19.3 Å². The van der Waals surface area contributed by atoms with Crippen molar-refractivity contribution in [3.05, 3.63) is 235 Å². The lowest BCUT2D eigenvalue weighted by molar-refractivity contribution is 0.399. The highest BCUT2D eigenvalue weighted by atomic mass is 16.5. The number of para-hydroxylation sites is 2. The van der Waals surface area contributed by atoms with Gasteiger partial charge in [-0.3, -0.25) is 0 Å². The van der Waals surface area contributed by atoms with E-state index in [1.165, 1.54) is 22.3 Å². The molecule has 1 atom stereocenters. The lowest BCUT2D eigenvalue weighted by Crippen LogP contribution is -2.32. The SMILES string of the molecule is C=C1/C(=C\C(=C)N(c2ccccc2)C2C=CC=CC2)OC(=C)c2c1ccc1c2C(=C)c2ccc(N(c3ccccc3)c3ccc4c(c3)C(C)(C)c3ccccc3-4)cc2O1. The van der Waals surface area contributed by atoms with Gasteiger partial charge in [-0.25, -0.2) is 0 Å². The molecule has 2 aliphatic heterocycles. The van der Waals surface area contributed by atoms with E-state index in [-0.39, 0.29) is 11.5 Å². The third-order valence-corrected chi connectivity index (χ3v) is 12.1. The minimum absolute atomic E-state index is 0.116. The fraction of sp³-hybridized carbons (Fsp3) is 0.0909. The zero-order chi connectivity index (χ0) is 40.4. The number of hydrogen-bond acceptors (Lipinski definition) is 4. The van der Waals surface area contributed by atoms with Gasteiger partial charge in [-0.05, 0) is 100 Å². The van der Waals surface area contributed by atoms with Crippen LogP contribution >= 0.6 is 0 Å². The topological polar surface area (TPSA) is 24.9 Å². The minimum atomic E-state index is -0.125. The summed E-state index contributed by atoms with van der Waals surface area (Å²) in [5, 5.41) is 0. The highest BCUT2D eigenvalue weighted by molar-refractivity contribution is 5.99. The number of nitrogens with zero attached hydrogens (tertiary/aromatic N) is 2. The maximum absolute atomic E-state index is 6.79. The smallest absolute Gasteiger partial charge is 0.137 e. The maximum Gasteiger partial charge on any atom is 0.137 e. The molecule has 0 N–H and O–H groups in total. The van der Waals surface area contributed by atoms with Crippen molar-refractivity contribution in [2.75, 3.05) is 9.80 Å². The van der Waals surface area contributed by atoms with Gasteiger partial charge in [-0.15, -0.1) is 0 Å². The average Bonchev–Trinajstić information content (AvgIpc) is 3.49. The van der Waals surface area contributed by atoms with Crippen LogP contribution < -0.4 is 14.5 Å². The second-order valence-corrected chi connectivity index (χ2v) is 16.0. The first-order chi connectivity index (χ1) is 28.7. The van der Waals surface area contributed by atoms with E-state index in [4.69, 9.17) is 9.47 Å². The summed E-state index contributed by atoms with van der Waals surface area (Å²) < 4.78 is 13.3. The van der Waals surface area contributed by atoms with E-state index in [0.717, 1.165) is 74.0 Å². The van der Waals surface area contributed by atoms with E-state index in [2.05, 4.69) is 177 Å². The van der Waals surface area contributed by atoms with Crippen molar-refractivity contribution in [2.24, 2.45) is 0 Å².